The van der Waals surface area contributed by atoms with Crippen LogP contribution in [-0.4, -0.2) is 24.0 Å². The lowest BCUT2D eigenvalue weighted by atomic mass is 9.99. The molecular formula is C10H15N3OS. The first-order chi connectivity index (χ1) is 7.12. The van der Waals surface area contributed by atoms with Crippen LogP contribution in [0.25, 0.3) is 0 Å². The lowest BCUT2D eigenvalue weighted by molar-refractivity contribution is -0.120. The molecule has 0 radical (unpaired) electrons. The third-order valence-corrected chi connectivity index (χ3v) is 3.76. The molecule has 15 heavy (non-hydrogen) atoms. The first-order valence-electron chi connectivity index (χ1n) is 5.04. The molecule has 1 aliphatic rings. The molecule has 2 heterocycles. The van der Waals surface area contributed by atoms with E-state index in [1.54, 1.807) is 18.3 Å². The van der Waals surface area contributed by atoms with Crippen LogP contribution < -0.4 is 10.6 Å². The van der Waals surface area contributed by atoms with E-state index in [-0.39, 0.29) is 11.4 Å². The highest BCUT2D eigenvalue weighted by Gasteiger charge is 2.38. The summed E-state index contributed by atoms with van der Waals surface area (Å²) < 4.78 is 0. The minimum atomic E-state index is -0.273. The van der Waals surface area contributed by atoms with E-state index in [4.69, 9.17) is 0 Å². The van der Waals surface area contributed by atoms with Crippen LogP contribution in [0.4, 0.5) is 0 Å². The lowest BCUT2D eigenvalue weighted by Gasteiger charge is -2.26. The highest BCUT2D eigenvalue weighted by molar-refractivity contribution is 7.09. The Labute approximate surface area is 93.1 Å². The Hall–Kier alpha value is -0.940. The second kappa shape index (κ2) is 3.90. The standard InChI is InChI=1S/C10H15N3OS/c1-7-5-15-9(12-7)10(13-8(2)14)3-4-11-6-10/h5,11H,3-4,6H2,1-2H3,(H,13,14)/t10-/m1/s1. The maximum absolute atomic E-state index is 11.2. The third-order valence-electron chi connectivity index (χ3n) is 2.60. The van der Waals surface area contributed by atoms with Gasteiger partial charge in [0.25, 0.3) is 0 Å². The monoisotopic (exact) mass is 225 g/mol. The van der Waals surface area contributed by atoms with Gasteiger partial charge in [0, 0.05) is 24.5 Å². The van der Waals surface area contributed by atoms with Crippen molar-refractivity contribution in [3.63, 3.8) is 0 Å². The fraction of sp³-hybridized carbons (Fsp3) is 0.600. The Balaban J connectivity index is 2.29. The molecule has 1 fully saturated rings. The topological polar surface area (TPSA) is 54.0 Å². The fourth-order valence-electron chi connectivity index (χ4n) is 1.95. The van der Waals surface area contributed by atoms with Crippen molar-refractivity contribution in [2.75, 3.05) is 13.1 Å². The normalized spacial score (nSPS) is 25.5. The second-order valence-corrected chi connectivity index (χ2v) is 4.84. The number of aromatic nitrogens is 1. The summed E-state index contributed by atoms with van der Waals surface area (Å²) in [5, 5.41) is 9.35. The van der Waals surface area contributed by atoms with Gasteiger partial charge < -0.3 is 10.6 Å². The number of carbonyl (C=O) groups is 1. The summed E-state index contributed by atoms with van der Waals surface area (Å²) >= 11 is 1.62. The number of hydrogen-bond donors (Lipinski definition) is 2. The van der Waals surface area contributed by atoms with E-state index in [0.29, 0.717) is 0 Å². The van der Waals surface area contributed by atoms with Crippen molar-refractivity contribution in [1.29, 1.82) is 0 Å². The number of carbonyl (C=O) groups excluding carboxylic acids is 1. The van der Waals surface area contributed by atoms with Crippen LogP contribution >= 0.6 is 11.3 Å². The van der Waals surface area contributed by atoms with Gasteiger partial charge in [-0.2, -0.15) is 0 Å². The maximum atomic E-state index is 11.2. The van der Waals surface area contributed by atoms with Gasteiger partial charge in [0.05, 0.1) is 0 Å². The van der Waals surface area contributed by atoms with E-state index in [1.165, 1.54) is 0 Å². The van der Waals surface area contributed by atoms with Crippen molar-refractivity contribution >= 4 is 17.2 Å². The molecule has 1 amide bonds. The molecule has 1 saturated heterocycles. The van der Waals surface area contributed by atoms with Crippen molar-refractivity contribution in [1.82, 2.24) is 15.6 Å². The first kappa shape index (κ1) is 10.6. The smallest absolute Gasteiger partial charge is 0.217 e. The minimum absolute atomic E-state index is 0.00607. The summed E-state index contributed by atoms with van der Waals surface area (Å²) in [6.45, 7) is 5.24. The van der Waals surface area contributed by atoms with Crippen LogP contribution in [0.1, 0.15) is 24.0 Å². The molecule has 1 atom stereocenters. The van der Waals surface area contributed by atoms with Crippen molar-refractivity contribution in [2.45, 2.75) is 25.8 Å². The number of nitrogens with one attached hydrogen (secondary N) is 2. The summed E-state index contributed by atoms with van der Waals surface area (Å²) in [5.74, 6) is 0.00607. The second-order valence-electron chi connectivity index (χ2n) is 3.98. The molecule has 0 unspecified atom stereocenters. The Morgan fingerprint density at radius 3 is 3.00 bits per heavy atom. The Kier molecular flexibility index (Phi) is 2.75. The van der Waals surface area contributed by atoms with Gasteiger partial charge in [0.15, 0.2) is 0 Å². The molecule has 2 N–H and O–H groups in total. The fourth-order valence-corrected chi connectivity index (χ4v) is 2.93. The molecule has 0 spiro atoms. The molecule has 2 rings (SSSR count). The number of amides is 1. The first-order valence-corrected chi connectivity index (χ1v) is 5.92. The molecular weight excluding hydrogens is 210 g/mol. The summed E-state index contributed by atoms with van der Waals surface area (Å²) in [6, 6.07) is 0. The number of thiazole rings is 1. The van der Waals surface area contributed by atoms with Gasteiger partial charge in [-0.05, 0) is 19.9 Å². The lowest BCUT2D eigenvalue weighted by Crippen LogP contribution is -2.46. The minimum Gasteiger partial charge on any atom is -0.343 e. The molecule has 82 valence electrons. The number of rotatable bonds is 2. The van der Waals surface area contributed by atoms with E-state index in [9.17, 15) is 4.79 Å². The van der Waals surface area contributed by atoms with Crippen molar-refractivity contribution < 1.29 is 4.79 Å². The third kappa shape index (κ3) is 2.03. The molecule has 0 aliphatic carbocycles. The summed E-state index contributed by atoms with van der Waals surface area (Å²) in [4.78, 5) is 15.7. The molecule has 0 aromatic carbocycles. The average molecular weight is 225 g/mol. The SMILES string of the molecule is CC(=O)N[C@]1(c2nc(C)cs2)CCNC1. The zero-order chi connectivity index (χ0) is 10.9. The van der Waals surface area contributed by atoms with Gasteiger partial charge >= 0.3 is 0 Å². The van der Waals surface area contributed by atoms with Gasteiger partial charge in [-0.3, -0.25) is 4.79 Å². The molecule has 0 bridgehead atoms. The Bertz CT molecular complexity index is 368. The summed E-state index contributed by atoms with van der Waals surface area (Å²) in [5.41, 5.74) is 0.747. The highest BCUT2D eigenvalue weighted by Crippen LogP contribution is 2.30. The van der Waals surface area contributed by atoms with E-state index in [0.717, 1.165) is 30.2 Å². The van der Waals surface area contributed by atoms with Crippen LogP contribution in [-0.2, 0) is 10.3 Å². The maximum Gasteiger partial charge on any atom is 0.217 e. The molecule has 1 aliphatic heterocycles. The van der Waals surface area contributed by atoms with Gasteiger partial charge in [0.1, 0.15) is 10.5 Å². The predicted molar refractivity (Wildman–Crippen MR) is 59.8 cm³/mol. The van der Waals surface area contributed by atoms with Crippen LogP contribution in [0.2, 0.25) is 0 Å². The largest absolute Gasteiger partial charge is 0.343 e. The zero-order valence-corrected chi connectivity index (χ0v) is 9.78. The van der Waals surface area contributed by atoms with E-state index in [1.807, 2.05) is 12.3 Å². The van der Waals surface area contributed by atoms with Crippen LogP contribution in [0.5, 0.6) is 0 Å². The highest BCUT2D eigenvalue weighted by atomic mass is 32.1. The number of nitrogens with zero attached hydrogens (tertiary/aromatic N) is 1. The molecule has 5 heteroatoms. The number of hydrogen-bond acceptors (Lipinski definition) is 4. The van der Waals surface area contributed by atoms with E-state index in [2.05, 4.69) is 15.6 Å². The Morgan fingerprint density at radius 2 is 2.53 bits per heavy atom. The van der Waals surface area contributed by atoms with Gasteiger partial charge in [-0.1, -0.05) is 0 Å². The summed E-state index contributed by atoms with van der Waals surface area (Å²) in [7, 11) is 0. The van der Waals surface area contributed by atoms with E-state index >= 15 is 0 Å². The quantitative estimate of drug-likeness (QED) is 0.782. The zero-order valence-electron chi connectivity index (χ0n) is 8.96. The van der Waals surface area contributed by atoms with Gasteiger partial charge in [-0.15, -0.1) is 11.3 Å². The Morgan fingerprint density at radius 1 is 1.73 bits per heavy atom. The number of aryl methyl sites for hydroxylation is 1. The summed E-state index contributed by atoms with van der Waals surface area (Å²) in [6.07, 6.45) is 0.916. The van der Waals surface area contributed by atoms with Crippen molar-refractivity contribution in [2.24, 2.45) is 0 Å². The molecule has 1 aromatic rings. The predicted octanol–water partition coefficient (Wildman–Crippen LogP) is 0.776. The van der Waals surface area contributed by atoms with Crippen LogP contribution in [0, 0.1) is 6.92 Å². The van der Waals surface area contributed by atoms with E-state index < -0.39 is 0 Å². The average Bonchev–Trinajstić information content (AvgIpc) is 2.73. The van der Waals surface area contributed by atoms with Crippen LogP contribution in [0.3, 0.4) is 0 Å². The van der Waals surface area contributed by atoms with Gasteiger partial charge in [0.2, 0.25) is 5.91 Å². The van der Waals surface area contributed by atoms with Gasteiger partial charge in [-0.25, -0.2) is 4.98 Å². The molecule has 0 saturated carbocycles. The molecule has 4 nitrogen and oxygen atoms in total. The van der Waals surface area contributed by atoms with Crippen LogP contribution in [0.15, 0.2) is 5.38 Å². The van der Waals surface area contributed by atoms with Crippen molar-refractivity contribution in [3.05, 3.63) is 16.1 Å². The van der Waals surface area contributed by atoms with Crippen molar-refractivity contribution in [3.8, 4) is 0 Å². The molecule has 1 aromatic heterocycles.